The minimum absolute atomic E-state index is 0.190. The van der Waals surface area contributed by atoms with Gasteiger partial charge in [0.15, 0.2) is 17.3 Å². The van der Waals surface area contributed by atoms with Crippen molar-refractivity contribution in [3.8, 4) is 17.2 Å². The van der Waals surface area contributed by atoms with Crippen LogP contribution in [0, 0.1) is 0 Å². The lowest BCUT2D eigenvalue weighted by Gasteiger charge is -2.14. The van der Waals surface area contributed by atoms with Crippen LogP contribution < -0.4 is 24.7 Å². The Labute approximate surface area is 157 Å². The standard InChI is InChI=1S/C20H23N3O4/c1-23(11-13-6-5-7-14(8-13)25-2)12-19-21-16-10-18(27-4)17(26-3)9-15(16)20(24)22-19/h5-10H,11-12H2,1-4H3,(H,21,22,24)/p+1. The van der Waals surface area contributed by atoms with E-state index in [4.69, 9.17) is 14.2 Å². The van der Waals surface area contributed by atoms with E-state index in [1.165, 1.54) is 12.0 Å². The summed E-state index contributed by atoms with van der Waals surface area (Å²) >= 11 is 0. The van der Waals surface area contributed by atoms with Gasteiger partial charge in [-0.2, -0.15) is 0 Å². The SMILES string of the molecule is COc1cccc(C[NH+](C)Cc2nc3cc(OC)c(OC)cc3c(=O)[nH]2)c1. The molecule has 0 aliphatic carbocycles. The van der Waals surface area contributed by atoms with Crippen LogP contribution in [0.4, 0.5) is 0 Å². The van der Waals surface area contributed by atoms with E-state index in [9.17, 15) is 4.79 Å². The van der Waals surface area contributed by atoms with Crippen LogP contribution in [0.1, 0.15) is 11.4 Å². The highest BCUT2D eigenvalue weighted by atomic mass is 16.5. The van der Waals surface area contributed by atoms with Crippen LogP contribution >= 0.6 is 0 Å². The third-order valence-corrected chi connectivity index (χ3v) is 4.37. The van der Waals surface area contributed by atoms with E-state index in [1.54, 1.807) is 26.4 Å². The first-order chi connectivity index (χ1) is 13.0. The van der Waals surface area contributed by atoms with Crippen molar-refractivity contribution in [2.45, 2.75) is 13.1 Å². The molecule has 3 rings (SSSR count). The lowest BCUT2D eigenvalue weighted by molar-refractivity contribution is -0.908. The Kier molecular flexibility index (Phi) is 5.61. The zero-order chi connectivity index (χ0) is 19.4. The second-order valence-corrected chi connectivity index (χ2v) is 6.40. The molecule has 0 saturated heterocycles. The Morgan fingerprint density at radius 2 is 1.74 bits per heavy atom. The molecule has 7 heteroatoms. The number of H-pyrrole nitrogens is 1. The topological polar surface area (TPSA) is 77.9 Å². The van der Waals surface area contributed by atoms with Crippen molar-refractivity contribution in [3.63, 3.8) is 0 Å². The Bertz CT molecular complexity index is 1000. The van der Waals surface area contributed by atoms with Gasteiger partial charge in [0, 0.05) is 11.6 Å². The molecule has 1 unspecified atom stereocenters. The molecular weight excluding hydrogens is 346 g/mol. The van der Waals surface area contributed by atoms with E-state index >= 15 is 0 Å². The van der Waals surface area contributed by atoms with Gasteiger partial charge in [-0.1, -0.05) is 12.1 Å². The lowest BCUT2D eigenvalue weighted by atomic mass is 10.2. The predicted molar refractivity (Wildman–Crippen MR) is 103 cm³/mol. The Balaban J connectivity index is 1.84. The summed E-state index contributed by atoms with van der Waals surface area (Å²) < 4.78 is 15.8. The third kappa shape index (κ3) is 4.20. The molecule has 0 radical (unpaired) electrons. The summed E-state index contributed by atoms with van der Waals surface area (Å²) in [4.78, 5) is 21.1. The molecule has 2 N–H and O–H groups in total. The number of quaternary nitrogens is 1. The summed E-state index contributed by atoms with van der Waals surface area (Å²) in [6, 6.07) is 11.3. The second kappa shape index (κ2) is 8.09. The average Bonchev–Trinajstić information content (AvgIpc) is 2.67. The molecule has 142 valence electrons. The number of nitrogens with one attached hydrogen (secondary N) is 2. The molecule has 0 aliphatic rings. The van der Waals surface area contributed by atoms with Crippen LogP contribution in [0.2, 0.25) is 0 Å². The molecule has 0 fully saturated rings. The van der Waals surface area contributed by atoms with Crippen LogP contribution in [-0.2, 0) is 13.1 Å². The number of aromatic nitrogens is 2. The third-order valence-electron chi connectivity index (χ3n) is 4.37. The van der Waals surface area contributed by atoms with Crippen LogP contribution in [0.3, 0.4) is 0 Å². The van der Waals surface area contributed by atoms with E-state index in [-0.39, 0.29) is 5.56 Å². The van der Waals surface area contributed by atoms with Crippen molar-refractivity contribution in [2.24, 2.45) is 0 Å². The van der Waals surface area contributed by atoms with Crippen molar-refractivity contribution in [2.75, 3.05) is 28.4 Å². The monoisotopic (exact) mass is 370 g/mol. The Morgan fingerprint density at radius 3 is 2.44 bits per heavy atom. The highest BCUT2D eigenvalue weighted by Crippen LogP contribution is 2.29. The molecule has 0 aliphatic heterocycles. The molecular formula is C20H24N3O4+. The molecule has 0 amide bonds. The molecule has 2 aromatic carbocycles. The Hall–Kier alpha value is -3.06. The molecule has 7 nitrogen and oxygen atoms in total. The summed E-state index contributed by atoms with van der Waals surface area (Å²) in [5.74, 6) is 2.51. The highest BCUT2D eigenvalue weighted by Gasteiger charge is 2.13. The summed E-state index contributed by atoms with van der Waals surface area (Å²) in [5, 5.41) is 0.474. The molecule has 0 spiro atoms. The van der Waals surface area contributed by atoms with Crippen LogP contribution in [0.15, 0.2) is 41.2 Å². The maximum atomic E-state index is 12.5. The fraction of sp³-hybridized carbons (Fsp3) is 0.300. The first kappa shape index (κ1) is 18.7. The molecule has 0 bridgehead atoms. The summed E-state index contributed by atoms with van der Waals surface area (Å²) in [5.41, 5.74) is 1.55. The maximum absolute atomic E-state index is 12.5. The Morgan fingerprint density at radius 1 is 1.00 bits per heavy atom. The van der Waals surface area contributed by atoms with E-state index in [0.29, 0.717) is 34.8 Å². The quantitative estimate of drug-likeness (QED) is 0.653. The van der Waals surface area contributed by atoms with E-state index in [1.807, 2.05) is 18.2 Å². The smallest absolute Gasteiger partial charge is 0.259 e. The van der Waals surface area contributed by atoms with Crippen molar-refractivity contribution in [1.82, 2.24) is 9.97 Å². The number of nitrogens with zero attached hydrogens (tertiary/aromatic N) is 1. The molecule has 1 atom stereocenters. The fourth-order valence-corrected chi connectivity index (χ4v) is 3.08. The lowest BCUT2D eigenvalue weighted by Crippen LogP contribution is -3.06. The first-order valence-electron chi connectivity index (χ1n) is 8.63. The van der Waals surface area contributed by atoms with Crippen molar-refractivity contribution < 1.29 is 19.1 Å². The van der Waals surface area contributed by atoms with Crippen LogP contribution in [0.5, 0.6) is 17.2 Å². The van der Waals surface area contributed by atoms with Crippen molar-refractivity contribution >= 4 is 10.9 Å². The zero-order valence-corrected chi connectivity index (χ0v) is 16.0. The molecule has 1 aromatic heterocycles. The van der Waals surface area contributed by atoms with Crippen molar-refractivity contribution in [3.05, 3.63) is 58.1 Å². The average molecular weight is 370 g/mol. The van der Waals surface area contributed by atoms with Gasteiger partial charge in [-0.3, -0.25) is 4.79 Å². The summed E-state index contributed by atoms with van der Waals surface area (Å²) in [6.07, 6.45) is 0. The van der Waals surface area contributed by atoms with Gasteiger partial charge in [-0.25, -0.2) is 4.98 Å². The fourth-order valence-electron chi connectivity index (χ4n) is 3.08. The molecule has 27 heavy (non-hydrogen) atoms. The summed E-state index contributed by atoms with van der Waals surface area (Å²) in [7, 11) is 6.81. The number of benzene rings is 2. The normalized spacial score (nSPS) is 12.0. The first-order valence-corrected chi connectivity index (χ1v) is 8.63. The largest absolute Gasteiger partial charge is 0.497 e. The second-order valence-electron chi connectivity index (χ2n) is 6.40. The number of methoxy groups -OCH3 is 3. The van der Waals surface area contributed by atoms with Gasteiger partial charge in [0.2, 0.25) is 0 Å². The zero-order valence-electron chi connectivity index (χ0n) is 16.0. The number of aromatic amines is 1. The van der Waals surface area contributed by atoms with Gasteiger partial charge in [0.05, 0.1) is 39.3 Å². The van der Waals surface area contributed by atoms with Gasteiger partial charge in [0.1, 0.15) is 18.8 Å². The van der Waals surface area contributed by atoms with Crippen LogP contribution in [-0.4, -0.2) is 38.3 Å². The van der Waals surface area contributed by atoms with E-state index in [2.05, 4.69) is 23.1 Å². The van der Waals surface area contributed by atoms with E-state index < -0.39 is 0 Å². The number of hydrogen-bond donors (Lipinski definition) is 2. The van der Waals surface area contributed by atoms with E-state index in [0.717, 1.165) is 17.9 Å². The predicted octanol–water partition coefficient (Wildman–Crippen LogP) is 1.16. The number of ether oxygens (including phenoxy) is 3. The maximum Gasteiger partial charge on any atom is 0.259 e. The minimum Gasteiger partial charge on any atom is -0.497 e. The number of rotatable bonds is 7. The number of fused-ring (bicyclic) bond motifs is 1. The van der Waals surface area contributed by atoms with Gasteiger partial charge in [0.25, 0.3) is 5.56 Å². The van der Waals surface area contributed by atoms with Gasteiger partial charge in [-0.15, -0.1) is 0 Å². The number of hydrogen-bond acceptors (Lipinski definition) is 5. The summed E-state index contributed by atoms with van der Waals surface area (Å²) in [6.45, 7) is 1.36. The minimum atomic E-state index is -0.190. The van der Waals surface area contributed by atoms with Gasteiger partial charge in [-0.05, 0) is 18.2 Å². The highest BCUT2D eigenvalue weighted by molar-refractivity contribution is 5.81. The molecule has 1 heterocycles. The molecule has 0 saturated carbocycles. The van der Waals surface area contributed by atoms with Crippen LogP contribution in [0.25, 0.3) is 10.9 Å². The molecule has 3 aromatic rings. The van der Waals surface area contributed by atoms with Crippen molar-refractivity contribution in [1.29, 1.82) is 0 Å². The van der Waals surface area contributed by atoms with Gasteiger partial charge >= 0.3 is 0 Å². The van der Waals surface area contributed by atoms with Gasteiger partial charge < -0.3 is 24.1 Å².